The Labute approximate surface area is 130 Å². The van der Waals surface area contributed by atoms with Gasteiger partial charge in [-0.25, -0.2) is 4.39 Å². The van der Waals surface area contributed by atoms with Crippen LogP contribution < -0.4 is 5.32 Å². The number of halogens is 1. The standard InChI is InChI=1S/C20H20FN/c1-12-6-11-18-16-4-3-5-17(16)20(22-19(18)13(12)2)14-7-9-15(21)10-8-14/h3-4,6-11,16-17,20,22H,5H2,1-2H3/t16-,17-,20-/m1/s1. The van der Waals surface area contributed by atoms with Gasteiger partial charge >= 0.3 is 0 Å². The Morgan fingerprint density at radius 2 is 1.82 bits per heavy atom. The SMILES string of the molecule is Cc1ccc2c(c1C)N[C@H](c1ccc(F)cc1)[C@@H]1CC=C[C@@H]21. The molecule has 3 atom stereocenters. The molecule has 0 fully saturated rings. The summed E-state index contributed by atoms with van der Waals surface area (Å²) in [6.07, 6.45) is 5.71. The fourth-order valence-electron chi connectivity index (χ4n) is 3.92. The lowest BCUT2D eigenvalue weighted by atomic mass is 9.76. The van der Waals surface area contributed by atoms with Gasteiger partial charge < -0.3 is 5.32 Å². The zero-order valence-corrected chi connectivity index (χ0v) is 12.9. The van der Waals surface area contributed by atoms with Crippen LogP contribution in [0.25, 0.3) is 0 Å². The molecule has 4 rings (SSSR count). The minimum atomic E-state index is -0.173. The number of anilines is 1. The second kappa shape index (κ2) is 4.98. The first-order valence-electron chi connectivity index (χ1n) is 7.94. The van der Waals surface area contributed by atoms with Crippen molar-refractivity contribution < 1.29 is 4.39 Å². The summed E-state index contributed by atoms with van der Waals surface area (Å²) in [5.41, 5.74) is 6.47. The van der Waals surface area contributed by atoms with Crippen LogP contribution in [0.4, 0.5) is 10.1 Å². The zero-order chi connectivity index (χ0) is 15.3. The van der Waals surface area contributed by atoms with Gasteiger partial charge in [0.15, 0.2) is 0 Å². The van der Waals surface area contributed by atoms with Crippen molar-refractivity contribution >= 4 is 5.69 Å². The highest BCUT2D eigenvalue weighted by atomic mass is 19.1. The van der Waals surface area contributed by atoms with Crippen LogP contribution in [0.1, 0.15) is 40.6 Å². The summed E-state index contributed by atoms with van der Waals surface area (Å²) in [6, 6.07) is 11.7. The molecular formula is C20H20FN. The third-order valence-corrected chi connectivity index (χ3v) is 5.30. The zero-order valence-electron chi connectivity index (χ0n) is 12.9. The molecule has 0 saturated carbocycles. The van der Waals surface area contributed by atoms with Crippen molar-refractivity contribution in [3.63, 3.8) is 0 Å². The molecule has 2 aliphatic rings. The van der Waals surface area contributed by atoms with Gasteiger partial charge in [0.05, 0.1) is 6.04 Å². The molecule has 0 amide bonds. The van der Waals surface area contributed by atoms with Crippen molar-refractivity contribution in [1.29, 1.82) is 0 Å². The minimum Gasteiger partial charge on any atom is -0.377 e. The highest BCUT2D eigenvalue weighted by Gasteiger charge is 2.38. The van der Waals surface area contributed by atoms with Crippen molar-refractivity contribution in [2.75, 3.05) is 5.32 Å². The van der Waals surface area contributed by atoms with Gasteiger partial charge in [0, 0.05) is 11.6 Å². The molecule has 0 spiro atoms. The predicted octanol–water partition coefficient (Wildman–Crippen LogP) is 5.27. The number of rotatable bonds is 1. The Kier molecular flexibility index (Phi) is 3.07. The highest BCUT2D eigenvalue weighted by molar-refractivity contribution is 5.65. The molecule has 1 N–H and O–H groups in total. The van der Waals surface area contributed by atoms with Crippen LogP contribution >= 0.6 is 0 Å². The number of benzene rings is 2. The average molecular weight is 293 g/mol. The van der Waals surface area contributed by atoms with Crippen LogP contribution in [-0.4, -0.2) is 0 Å². The molecule has 1 aliphatic carbocycles. The number of nitrogens with one attached hydrogen (secondary N) is 1. The Morgan fingerprint density at radius 3 is 2.59 bits per heavy atom. The van der Waals surface area contributed by atoms with Crippen LogP contribution in [-0.2, 0) is 0 Å². The lowest BCUT2D eigenvalue weighted by Crippen LogP contribution is -2.29. The molecule has 0 bridgehead atoms. The number of fused-ring (bicyclic) bond motifs is 3. The molecule has 0 unspecified atom stereocenters. The first-order valence-corrected chi connectivity index (χ1v) is 7.94. The smallest absolute Gasteiger partial charge is 0.123 e. The van der Waals surface area contributed by atoms with E-state index < -0.39 is 0 Å². The second-order valence-corrected chi connectivity index (χ2v) is 6.50. The van der Waals surface area contributed by atoms with E-state index in [2.05, 4.69) is 43.4 Å². The normalized spacial score (nSPS) is 25.5. The molecule has 2 aromatic carbocycles. The van der Waals surface area contributed by atoms with E-state index in [0.717, 1.165) is 6.42 Å². The predicted molar refractivity (Wildman–Crippen MR) is 88.7 cm³/mol. The summed E-state index contributed by atoms with van der Waals surface area (Å²) in [6.45, 7) is 4.34. The van der Waals surface area contributed by atoms with E-state index in [4.69, 9.17) is 0 Å². The van der Waals surface area contributed by atoms with Gasteiger partial charge in [0.25, 0.3) is 0 Å². The maximum Gasteiger partial charge on any atom is 0.123 e. The molecule has 22 heavy (non-hydrogen) atoms. The van der Waals surface area contributed by atoms with E-state index in [1.807, 2.05) is 12.1 Å². The summed E-state index contributed by atoms with van der Waals surface area (Å²) >= 11 is 0. The van der Waals surface area contributed by atoms with Gasteiger partial charge in [-0.15, -0.1) is 0 Å². The molecule has 0 radical (unpaired) electrons. The van der Waals surface area contributed by atoms with Crippen molar-refractivity contribution in [2.24, 2.45) is 5.92 Å². The van der Waals surface area contributed by atoms with E-state index >= 15 is 0 Å². The number of hydrogen-bond donors (Lipinski definition) is 1. The third-order valence-electron chi connectivity index (χ3n) is 5.30. The minimum absolute atomic E-state index is 0.173. The van der Waals surface area contributed by atoms with Gasteiger partial charge in [-0.2, -0.15) is 0 Å². The summed E-state index contributed by atoms with van der Waals surface area (Å²) in [7, 11) is 0. The lowest BCUT2D eigenvalue weighted by molar-refractivity contribution is 0.424. The van der Waals surface area contributed by atoms with Gasteiger partial charge in [-0.05, 0) is 60.6 Å². The number of aryl methyl sites for hydroxylation is 1. The highest BCUT2D eigenvalue weighted by Crippen LogP contribution is 2.50. The Balaban J connectivity index is 1.82. The van der Waals surface area contributed by atoms with Crippen molar-refractivity contribution in [3.8, 4) is 0 Å². The topological polar surface area (TPSA) is 12.0 Å². The maximum absolute atomic E-state index is 13.2. The summed E-state index contributed by atoms with van der Waals surface area (Å²) in [5.74, 6) is 0.804. The summed E-state index contributed by atoms with van der Waals surface area (Å²) in [4.78, 5) is 0. The van der Waals surface area contributed by atoms with Crippen LogP contribution in [0.2, 0.25) is 0 Å². The first kappa shape index (κ1) is 13.6. The van der Waals surface area contributed by atoms with Crippen LogP contribution in [0.3, 0.4) is 0 Å². The molecular weight excluding hydrogens is 273 g/mol. The van der Waals surface area contributed by atoms with Crippen molar-refractivity contribution in [1.82, 2.24) is 0 Å². The molecule has 0 aromatic heterocycles. The van der Waals surface area contributed by atoms with E-state index in [9.17, 15) is 4.39 Å². The van der Waals surface area contributed by atoms with E-state index in [1.54, 1.807) is 12.1 Å². The second-order valence-electron chi connectivity index (χ2n) is 6.50. The van der Waals surface area contributed by atoms with E-state index in [0.29, 0.717) is 11.8 Å². The molecule has 2 heteroatoms. The molecule has 2 aromatic rings. The van der Waals surface area contributed by atoms with E-state index in [1.165, 1.54) is 27.9 Å². The number of hydrogen-bond acceptors (Lipinski definition) is 1. The van der Waals surface area contributed by atoms with Crippen LogP contribution in [0.15, 0.2) is 48.6 Å². The number of allylic oxidation sites excluding steroid dienone is 2. The fraction of sp³-hybridized carbons (Fsp3) is 0.300. The average Bonchev–Trinajstić information content (AvgIpc) is 3.01. The third kappa shape index (κ3) is 1.98. The maximum atomic E-state index is 13.2. The first-order chi connectivity index (χ1) is 10.6. The summed E-state index contributed by atoms with van der Waals surface area (Å²) < 4.78 is 13.2. The molecule has 1 nitrogen and oxygen atoms in total. The summed E-state index contributed by atoms with van der Waals surface area (Å²) in [5, 5.41) is 3.75. The molecule has 112 valence electrons. The molecule has 1 aliphatic heterocycles. The van der Waals surface area contributed by atoms with Crippen LogP contribution in [0, 0.1) is 25.6 Å². The Hall–Kier alpha value is -2.09. The van der Waals surface area contributed by atoms with Gasteiger partial charge in [-0.1, -0.05) is 36.4 Å². The largest absolute Gasteiger partial charge is 0.377 e. The van der Waals surface area contributed by atoms with Crippen LogP contribution in [0.5, 0.6) is 0 Å². The van der Waals surface area contributed by atoms with Crippen molar-refractivity contribution in [3.05, 3.63) is 76.6 Å². The van der Waals surface area contributed by atoms with Gasteiger partial charge in [0.1, 0.15) is 5.82 Å². The Morgan fingerprint density at radius 1 is 1.05 bits per heavy atom. The van der Waals surface area contributed by atoms with Gasteiger partial charge in [-0.3, -0.25) is 0 Å². The molecule has 1 heterocycles. The lowest BCUT2D eigenvalue weighted by Gasteiger charge is -2.38. The monoisotopic (exact) mass is 293 g/mol. The Bertz CT molecular complexity index is 745. The quantitative estimate of drug-likeness (QED) is 0.706. The van der Waals surface area contributed by atoms with Crippen molar-refractivity contribution in [2.45, 2.75) is 32.2 Å². The fourth-order valence-corrected chi connectivity index (χ4v) is 3.92. The molecule has 0 saturated heterocycles. The van der Waals surface area contributed by atoms with Gasteiger partial charge in [0.2, 0.25) is 0 Å². The van der Waals surface area contributed by atoms with E-state index in [-0.39, 0.29) is 11.9 Å².